The van der Waals surface area contributed by atoms with Crippen molar-refractivity contribution in [1.29, 1.82) is 0 Å². The second kappa shape index (κ2) is 5.09. The van der Waals surface area contributed by atoms with Crippen LogP contribution in [-0.2, 0) is 6.42 Å². The van der Waals surface area contributed by atoms with Crippen LogP contribution in [0.4, 0.5) is 0 Å². The van der Waals surface area contributed by atoms with Gasteiger partial charge in [-0.25, -0.2) is 0 Å². The van der Waals surface area contributed by atoms with E-state index in [1.165, 1.54) is 30.4 Å². The largest absolute Gasteiger partial charge is 0.493 e. The van der Waals surface area contributed by atoms with Crippen LogP contribution in [0.1, 0.15) is 35.2 Å². The van der Waals surface area contributed by atoms with Gasteiger partial charge in [0.25, 0.3) is 0 Å². The number of rotatable bonds is 2. The van der Waals surface area contributed by atoms with E-state index in [4.69, 9.17) is 9.47 Å². The molecule has 0 fully saturated rings. The van der Waals surface area contributed by atoms with E-state index in [2.05, 4.69) is 28.1 Å². The molecule has 2 rings (SSSR count). The minimum absolute atomic E-state index is 0.449. The first-order valence-electron chi connectivity index (χ1n) is 5.65. The molecule has 1 atom stereocenters. The van der Waals surface area contributed by atoms with Crippen molar-refractivity contribution in [3.05, 3.63) is 23.3 Å². The SMILES string of the molecule is COc1cc2c(cc1OC)C(Br)CCCC2. The summed E-state index contributed by atoms with van der Waals surface area (Å²) in [5.41, 5.74) is 2.74. The normalized spacial score (nSPS) is 19.8. The molecular formula is C13H17BrO2. The minimum atomic E-state index is 0.449. The predicted molar refractivity (Wildman–Crippen MR) is 68.8 cm³/mol. The number of alkyl halides is 1. The zero-order valence-electron chi connectivity index (χ0n) is 9.75. The molecule has 88 valence electrons. The smallest absolute Gasteiger partial charge is 0.161 e. The molecule has 1 unspecified atom stereocenters. The van der Waals surface area contributed by atoms with Gasteiger partial charge >= 0.3 is 0 Å². The van der Waals surface area contributed by atoms with E-state index in [1.54, 1.807) is 14.2 Å². The summed E-state index contributed by atoms with van der Waals surface area (Å²) >= 11 is 3.75. The summed E-state index contributed by atoms with van der Waals surface area (Å²) in [5, 5.41) is 0. The van der Waals surface area contributed by atoms with E-state index in [-0.39, 0.29) is 0 Å². The first-order chi connectivity index (χ1) is 7.76. The van der Waals surface area contributed by atoms with Gasteiger partial charge in [-0.3, -0.25) is 0 Å². The van der Waals surface area contributed by atoms with Crippen LogP contribution in [0.25, 0.3) is 0 Å². The van der Waals surface area contributed by atoms with Gasteiger partial charge in [-0.1, -0.05) is 22.4 Å². The zero-order valence-corrected chi connectivity index (χ0v) is 11.3. The van der Waals surface area contributed by atoms with Gasteiger partial charge in [-0.05, 0) is 42.5 Å². The Bertz CT molecular complexity index is 376. The summed E-state index contributed by atoms with van der Waals surface area (Å²) in [6.07, 6.45) is 4.86. The fourth-order valence-electron chi connectivity index (χ4n) is 2.24. The maximum absolute atomic E-state index is 5.35. The molecule has 1 aromatic rings. The Morgan fingerprint density at radius 1 is 1.12 bits per heavy atom. The topological polar surface area (TPSA) is 18.5 Å². The fraction of sp³-hybridized carbons (Fsp3) is 0.538. The first-order valence-corrected chi connectivity index (χ1v) is 6.56. The Morgan fingerprint density at radius 3 is 2.50 bits per heavy atom. The van der Waals surface area contributed by atoms with Crippen molar-refractivity contribution >= 4 is 15.9 Å². The average Bonchev–Trinajstić information content (AvgIpc) is 2.49. The second-order valence-electron chi connectivity index (χ2n) is 4.12. The number of halogens is 1. The van der Waals surface area contributed by atoms with E-state index < -0.39 is 0 Å². The average molecular weight is 285 g/mol. The minimum Gasteiger partial charge on any atom is -0.493 e. The van der Waals surface area contributed by atoms with E-state index in [0.29, 0.717) is 4.83 Å². The lowest BCUT2D eigenvalue weighted by molar-refractivity contribution is 0.354. The monoisotopic (exact) mass is 284 g/mol. The summed E-state index contributed by atoms with van der Waals surface area (Å²) in [6.45, 7) is 0. The highest BCUT2D eigenvalue weighted by Crippen LogP contribution is 2.40. The van der Waals surface area contributed by atoms with E-state index in [1.807, 2.05) is 0 Å². The van der Waals surface area contributed by atoms with Crippen molar-refractivity contribution in [2.75, 3.05) is 14.2 Å². The lowest BCUT2D eigenvalue weighted by atomic mass is 10.0. The maximum atomic E-state index is 5.35. The molecule has 0 aromatic heterocycles. The number of hydrogen-bond acceptors (Lipinski definition) is 2. The third kappa shape index (κ3) is 2.19. The molecular weight excluding hydrogens is 268 g/mol. The molecule has 3 heteroatoms. The van der Waals surface area contributed by atoms with Gasteiger partial charge in [0.1, 0.15) is 0 Å². The Kier molecular flexibility index (Phi) is 3.74. The third-order valence-corrected chi connectivity index (χ3v) is 4.09. The molecule has 0 aliphatic heterocycles. The number of fused-ring (bicyclic) bond motifs is 1. The van der Waals surface area contributed by atoms with Gasteiger partial charge in [0.05, 0.1) is 14.2 Å². The molecule has 0 radical (unpaired) electrons. The first kappa shape index (κ1) is 11.8. The number of benzene rings is 1. The second-order valence-corrected chi connectivity index (χ2v) is 5.22. The maximum Gasteiger partial charge on any atom is 0.161 e. The standard InChI is InChI=1S/C13H17BrO2/c1-15-12-7-9-5-3-4-6-11(14)10(9)8-13(12)16-2/h7-8,11H,3-6H2,1-2H3. The van der Waals surface area contributed by atoms with Crippen LogP contribution in [0.15, 0.2) is 12.1 Å². The Labute approximate surface area is 105 Å². The predicted octanol–water partition coefficient (Wildman–Crippen LogP) is 3.87. The van der Waals surface area contributed by atoms with Crippen LogP contribution in [0.5, 0.6) is 11.5 Å². The lowest BCUT2D eigenvalue weighted by Crippen LogP contribution is -1.98. The van der Waals surface area contributed by atoms with Gasteiger partial charge in [0, 0.05) is 4.83 Å². The van der Waals surface area contributed by atoms with Crippen LogP contribution in [0.2, 0.25) is 0 Å². The Balaban J connectivity index is 2.47. The number of aryl methyl sites for hydroxylation is 1. The Morgan fingerprint density at radius 2 is 1.81 bits per heavy atom. The quantitative estimate of drug-likeness (QED) is 0.606. The van der Waals surface area contributed by atoms with Crippen molar-refractivity contribution in [3.63, 3.8) is 0 Å². The van der Waals surface area contributed by atoms with Crippen molar-refractivity contribution in [3.8, 4) is 11.5 Å². The molecule has 0 amide bonds. The summed E-state index contributed by atoms with van der Waals surface area (Å²) in [6, 6.07) is 4.23. The van der Waals surface area contributed by atoms with Crippen LogP contribution in [0, 0.1) is 0 Å². The van der Waals surface area contributed by atoms with Crippen molar-refractivity contribution < 1.29 is 9.47 Å². The molecule has 2 nitrogen and oxygen atoms in total. The molecule has 0 heterocycles. The molecule has 0 N–H and O–H groups in total. The molecule has 16 heavy (non-hydrogen) atoms. The molecule has 1 aliphatic carbocycles. The fourth-order valence-corrected chi connectivity index (χ4v) is 2.99. The van der Waals surface area contributed by atoms with E-state index in [0.717, 1.165) is 17.9 Å². The summed E-state index contributed by atoms with van der Waals surface area (Å²) in [5.74, 6) is 1.66. The van der Waals surface area contributed by atoms with Crippen LogP contribution < -0.4 is 9.47 Å². The van der Waals surface area contributed by atoms with Gasteiger partial charge in [-0.2, -0.15) is 0 Å². The van der Waals surface area contributed by atoms with E-state index in [9.17, 15) is 0 Å². The van der Waals surface area contributed by atoms with Crippen LogP contribution in [-0.4, -0.2) is 14.2 Å². The van der Waals surface area contributed by atoms with Gasteiger partial charge in [0.15, 0.2) is 11.5 Å². The van der Waals surface area contributed by atoms with Crippen LogP contribution >= 0.6 is 15.9 Å². The zero-order chi connectivity index (χ0) is 11.5. The highest BCUT2D eigenvalue weighted by molar-refractivity contribution is 9.09. The Hall–Kier alpha value is -0.700. The lowest BCUT2D eigenvalue weighted by Gasteiger charge is -2.15. The van der Waals surface area contributed by atoms with Gasteiger partial charge in [-0.15, -0.1) is 0 Å². The number of ether oxygens (including phenoxy) is 2. The summed E-state index contributed by atoms with van der Waals surface area (Å²) in [4.78, 5) is 0.449. The molecule has 0 spiro atoms. The molecule has 1 aliphatic rings. The van der Waals surface area contributed by atoms with Gasteiger partial charge < -0.3 is 9.47 Å². The highest BCUT2D eigenvalue weighted by Gasteiger charge is 2.19. The molecule has 0 bridgehead atoms. The number of hydrogen-bond donors (Lipinski definition) is 0. The van der Waals surface area contributed by atoms with Crippen molar-refractivity contribution in [2.45, 2.75) is 30.5 Å². The van der Waals surface area contributed by atoms with Crippen LogP contribution in [0.3, 0.4) is 0 Å². The highest BCUT2D eigenvalue weighted by atomic mass is 79.9. The molecule has 0 saturated heterocycles. The number of methoxy groups -OCH3 is 2. The summed E-state index contributed by atoms with van der Waals surface area (Å²) < 4.78 is 10.7. The van der Waals surface area contributed by atoms with E-state index >= 15 is 0 Å². The molecule has 0 saturated carbocycles. The summed E-state index contributed by atoms with van der Waals surface area (Å²) in [7, 11) is 3.37. The third-order valence-electron chi connectivity index (χ3n) is 3.14. The van der Waals surface area contributed by atoms with Crippen molar-refractivity contribution in [1.82, 2.24) is 0 Å². The molecule has 1 aromatic carbocycles. The van der Waals surface area contributed by atoms with Gasteiger partial charge in [0.2, 0.25) is 0 Å². The van der Waals surface area contributed by atoms with Crippen molar-refractivity contribution in [2.24, 2.45) is 0 Å².